The van der Waals surface area contributed by atoms with Crippen molar-refractivity contribution in [2.75, 3.05) is 4.72 Å². The molecule has 0 unspecified atom stereocenters. The molecule has 112 valence electrons. The second-order valence-corrected chi connectivity index (χ2v) is 7.26. The number of anilines is 1. The van der Waals surface area contributed by atoms with Crippen molar-refractivity contribution in [1.82, 2.24) is 0 Å². The predicted octanol–water partition coefficient (Wildman–Crippen LogP) is 3.00. The number of aryl methyl sites for hydroxylation is 1. The average Bonchev–Trinajstić information content (AvgIpc) is 2.64. The molecule has 0 bridgehead atoms. The molecule has 0 amide bonds. The minimum absolute atomic E-state index is 0.0434. The maximum atomic E-state index is 12.8. The lowest BCUT2D eigenvalue weighted by atomic mass is 10.2. The number of carboxylic acids is 1. The molecular weight excluding hydrogens is 317 g/mol. The first-order valence-electron chi connectivity index (χ1n) is 5.84. The highest BCUT2D eigenvalue weighted by Crippen LogP contribution is 2.33. The van der Waals surface area contributed by atoms with E-state index in [4.69, 9.17) is 0 Å². The number of hydrogen-bond acceptors (Lipinski definition) is 4. The molecular formula is C13H12FNO4S2. The quantitative estimate of drug-likeness (QED) is 0.903. The highest BCUT2D eigenvalue weighted by Gasteiger charge is 2.23. The topological polar surface area (TPSA) is 83.5 Å². The molecule has 21 heavy (non-hydrogen) atoms. The molecule has 0 aliphatic rings. The molecule has 8 heteroatoms. The summed E-state index contributed by atoms with van der Waals surface area (Å²) in [5, 5.41) is 9.23. The number of thiophene rings is 1. The van der Waals surface area contributed by atoms with Crippen LogP contribution in [0.15, 0.2) is 29.2 Å². The fourth-order valence-electron chi connectivity index (χ4n) is 1.75. The molecule has 1 aromatic carbocycles. The Morgan fingerprint density at radius 1 is 1.24 bits per heavy atom. The van der Waals surface area contributed by atoms with Crippen LogP contribution >= 0.6 is 11.3 Å². The molecule has 1 aromatic heterocycles. The Kier molecular flexibility index (Phi) is 4.02. The van der Waals surface area contributed by atoms with E-state index < -0.39 is 21.8 Å². The second kappa shape index (κ2) is 5.45. The van der Waals surface area contributed by atoms with E-state index in [1.807, 2.05) is 0 Å². The van der Waals surface area contributed by atoms with E-state index in [0.29, 0.717) is 10.4 Å². The van der Waals surface area contributed by atoms with Crippen LogP contribution in [0, 0.1) is 19.7 Å². The Bertz CT molecular complexity index is 794. The fraction of sp³-hybridized carbons (Fsp3) is 0.154. The minimum Gasteiger partial charge on any atom is -0.478 e. The molecule has 0 saturated heterocycles. The fourth-order valence-corrected chi connectivity index (χ4v) is 4.11. The highest BCUT2D eigenvalue weighted by atomic mass is 32.2. The zero-order chi connectivity index (χ0) is 15.8. The lowest BCUT2D eigenvalue weighted by Crippen LogP contribution is -2.14. The van der Waals surface area contributed by atoms with Gasteiger partial charge in [-0.1, -0.05) is 0 Å². The zero-order valence-corrected chi connectivity index (χ0v) is 12.8. The second-order valence-electron chi connectivity index (χ2n) is 4.35. The average molecular weight is 329 g/mol. The normalized spacial score (nSPS) is 11.4. The standard InChI is InChI=1S/C13H12FNO4S2/c1-7-8(2)20-12(11(7)13(16)17)15-21(18,19)10-5-3-9(14)4-6-10/h3-6,15H,1-2H3,(H,16,17). The molecule has 0 fully saturated rings. The van der Waals surface area contributed by atoms with Crippen molar-refractivity contribution < 1.29 is 22.7 Å². The van der Waals surface area contributed by atoms with Gasteiger partial charge in [-0.2, -0.15) is 0 Å². The number of benzene rings is 1. The van der Waals surface area contributed by atoms with E-state index in [2.05, 4.69) is 4.72 Å². The van der Waals surface area contributed by atoms with Gasteiger partial charge in [-0.25, -0.2) is 17.6 Å². The summed E-state index contributed by atoms with van der Waals surface area (Å²) in [5.41, 5.74) is 0.451. The van der Waals surface area contributed by atoms with E-state index in [-0.39, 0.29) is 15.5 Å². The van der Waals surface area contributed by atoms with E-state index in [9.17, 15) is 22.7 Å². The molecule has 2 N–H and O–H groups in total. The number of carbonyl (C=O) groups is 1. The molecule has 2 aromatic rings. The van der Waals surface area contributed by atoms with Crippen molar-refractivity contribution in [2.24, 2.45) is 0 Å². The smallest absolute Gasteiger partial charge is 0.339 e. The van der Waals surface area contributed by atoms with Crippen molar-refractivity contribution in [3.8, 4) is 0 Å². The van der Waals surface area contributed by atoms with Gasteiger partial charge in [0.05, 0.1) is 10.5 Å². The summed E-state index contributed by atoms with van der Waals surface area (Å²) in [6.45, 7) is 3.33. The number of sulfonamides is 1. The van der Waals surface area contributed by atoms with Crippen molar-refractivity contribution in [3.63, 3.8) is 0 Å². The van der Waals surface area contributed by atoms with Crippen LogP contribution < -0.4 is 4.72 Å². The monoisotopic (exact) mass is 329 g/mol. The van der Waals surface area contributed by atoms with Crippen molar-refractivity contribution in [1.29, 1.82) is 0 Å². The van der Waals surface area contributed by atoms with Crippen molar-refractivity contribution >= 4 is 32.3 Å². The lowest BCUT2D eigenvalue weighted by molar-refractivity contribution is 0.0697. The van der Waals surface area contributed by atoms with Crippen LogP contribution in [0.25, 0.3) is 0 Å². The van der Waals surface area contributed by atoms with Crippen LogP contribution in [-0.4, -0.2) is 19.5 Å². The molecule has 0 radical (unpaired) electrons. The van der Waals surface area contributed by atoms with Gasteiger partial charge in [0.2, 0.25) is 0 Å². The molecule has 0 aliphatic heterocycles. The van der Waals surface area contributed by atoms with E-state index in [1.165, 1.54) is 0 Å². The number of hydrogen-bond donors (Lipinski definition) is 2. The van der Waals surface area contributed by atoms with Gasteiger partial charge in [0.1, 0.15) is 10.8 Å². The number of rotatable bonds is 4. The molecule has 0 spiro atoms. The third kappa shape index (κ3) is 3.06. The minimum atomic E-state index is -3.96. The van der Waals surface area contributed by atoms with E-state index in [1.54, 1.807) is 13.8 Å². The highest BCUT2D eigenvalue weighted by molar-refractivity contribution is 7.93. The Morgan fingerprint density at radius 3 is 2.33 bits per heavy atom. The third-order valence-electron chi connectivity index (χ3n) is 2.95. The van der Waals surface area contributed by atoms with E-state index in [0.717, 1.165) is 35.6 Å². The summed E-state index contributed by atoms with van der Waals surface area (Å²) < 4.78 is 39.5. The van der Waals surface area contributed by atoms with Crippen LogP contribution in [0.1, 0.15) is 20.8 Å². The molecule has 5 nitrogen and oxygen atoms in total. The molecule has 1 heterocycles. The maximum Gasteiger partial charge on any atom is 0.339 e. The number of halogens is 1. The third-order valence-corrected chi connectivity index (χ3v) is 5.57. The molecule has 2 rings (SSSR count). The lowest BCUT2D eigenvalue weighted by Gasteiger charge is -2.07. The molecule has 0 saturated carbocycles. The van der Waals surface area contributed by atoms with Gasteiger partial charge in [0.25, 0.3) is 10.0 Å². The van der Waals surface area contributed by atoms with Gasteiger partial charge in [-0.15, -0.1) is 11.3 Å². The van der Waals surface area contributed by atoms with Gasteiger partial charge < -0.3 is 5.11 Å². The van der Waals surface area contributed by atoms with Gasteiger partial charge in [-0.05, 0) is 43.7 Å². The summed E-state index contributed by atoms with van der Waals surface area (Å²) in [6.07, 6.45) is 0. The van der Waals surface area contributed by atoms with Crippen LogP contribution in [0.2, 0.25) is 0 Å². The predicted molar refractivity (Wildman–Crippen MR) is 78.0 cm³/mol. The molecule has 0 atom stereocenters. The Labute approximate surface area is 125 Å². The summed E-state index contributed by atoms with van der Waals surface area (Å²) in [7, 11) is -3.96. The van der Waals surface area contributed by atoms with Gasteiger partial charge in [-0.3, -0.25) is 4.72 Å². The summed E-state index contributed by atoms with van der Waals surface area (Å²) in [4.78, 5) is 11.8. The van der Waals surface area contributed by atoms with Crippen LogP contribution in [-0.2, 0) is 10.0 Å². The Morgan fingerprint density at radius 2 is 1.81 bits per heavy atom. The van der Waals surface area contributed by atoms with Crippen LogP contribution in [0.4, 0.5) is 9.39 Å². The summed E-state index contributed by atoms with van der Waals surface area (Å²) in [6, 6.07) is 4.28. The summed E-state index contributed by atoms with van der Waals surface area (Å²) in [5.74, 6) is -1.75. The van der Waals surface area contributed by atoms with Crippen LogP contribution in [0.3, 0.4) is 0 Å². The first-order chi connectivity index (χ1) is 9.72. The largest absolute Gasteiger partial charge is 0.478 e. The SMILES string of the molecule is Cc1sc(NS(=O)(=O)c2ccc(F)cc2)c(C(=O)O)c1C. The number of nitrogens with one attached hydrogen (secondary N) is 1. The maximum absolute atomic E-state index is 12.8. The van der Waals surface area contributed by atoms with Gasteiger partial charge in [0, 0.05) is 4.88 Å². The number of aromatic carboxylic acids is 1. The summed E-state index contributed by atoms with van der Waals surface area (Å²) >= 11 is 1.05. The van der Waals surface area contributed by atoms with Crippen molar-refractivity contribution in [2.45, 2.75) is 18.7 Å². The molecule has 0 aliphatic carbocycles. The van der Waals surface area contributed by atoms with Crippen LogP contribution in [0.5, 0.6) is 0 Å². The van der Waals surface area contributed by atoms with Gasteiger partial charge >= 0.3 is 5.97 Å². The zero-order valence-electron chi connectivity index (χ0n) is 11.2. The first-order valence-corrected chi connectivity index (χ1v) is 8.14. The Hall–Kier alpha value is -1.93. The van der Waals surface area contributed by atoms with E-state index >= 15 is 0 Å². The number of carboxylic acid groups (broad SMARTS) is 1. The Balaban J connectivity index is 2.44. The first kappa shape index (κ1) is 15.5. The van der Waals surface area contributed by atoms with Crippen molar-refractivity contribution in [3.05, 3.63) is 46.1 Å². The van der Waals surface area contributed by atoms with Gasteiger partial charge in [0.15, 0.2) is 0 Å².